The first kappa shape index (κ1) is 21.6. The van der Waals surface area contributed by atoms with Crippen molar-refractivity contribution >= 4 is 17.3 Å². The van der Waals surface area contributed by atoms with Crippen LogP contribution >= 0.6 is 11.6 Å². The van der Waals surface area contributed by atoms with E-state index in [1.54, 1.807) is 0 Å². The third-order valence-corrected chi connectivity index (χ3v) is 5.77. The molecule has 0 N–H and O–H groups in total. The van der Waals surface area contributed by atoms with Crippen molar-refractivity contribution < 1.29 is 4.84 Å². The molecule has 3 aromatic rings. The van der Waals surface area contributed by atoms with E-state index in [1.165, 1.54) is 5.56 Å². The van der Waals surface area contributed by atoms with E-state index in [2.05, 4.69) is 57.4 Å². The van der Waals surface area contributed by atoms with Gasteiger partial charge in [-0.1, -0.05) is 89.6 Å². The molecule has 0 aromatic heterocycles. The highest BCUT2D eigenvalue weighted by Crippen LogP contribution is 2.13. The zero-order valence-corrected chi connectivity index (χ0v) is 18.4. The molecule has 0 saturated carbocycles. The molecule has 4 rings (SSSR count). The molecule has 1 fully saturated rings. The van der Waals surface area contributed by atoms with Gasteiger partial charge in [0.15, 0.2) is 0 Å². The molecule has 1 saturated heterocycles. The summed E-state index contributed by atoms with van der Waals surface area (Å²) in [5, 5.41) is 5.25. The van der Waals surface area contributed by atoms with E-state index in [1.807, 2.05) is 42.5 Å². The van der Waals surface area contributed by atoms with Crippen LogP contribution in [0.4, 0.5) is 0 Å². The number of benzene rings is 3. The van der Waals surface area contributed by atoms with Crippen LogP contribution in [0.25, 0.3) is 0 Å². The topological polar surface area (TPSA) is 28.1 Å². The van der Waals surface area contributed by atoms with Crippen LogP contribution in [0.15, 0.2) is 90.1 Å². The molecule has 0 radical (unpaired) electrons. The molecule has 5 heteroatoms. The standard InChI is InChI=1S/C26H28ClN3O/c27-25-13-11-23(12-14-25)21-31-28-26(24-9-5-2-6-10-24)20-30-17-15-29(16-18-30)19-22-7-3-1-4-8-22/h1-14H,15-21H2/b28-26-. The number of oxime groups is 1. The highest BCUT2D eigenvalue weighted by molar-refractivity contribution is 6.30. The molecule has 1 aliphatic heterocycles. The molecule has 1 heterocycles. The Hall–Kier alpha value is -2.66. The van der Waals surface area contributed by atoms with Gasteiger partial charge in [-0.05, 0) is 23.3 Å². The summed E-state index contributed by atoms with van der Waals surface area (Å²) in [6, 6.07) is 28.7. The van der Waals surface area contributed by atoms with Crippen LogP contribution in [-0.2, 0) is 18.0 Å². The normalized spacial score (nSPS) is 15.7. The van der Waals surface area contributed by atoms with Crippen LogP contribution in [-0.4, -0.2) is 48.2 Å². The number of hydrogen-bond acceptors (Lipinski definition) is 4. The fraction of sp³-hybridized carbons (Fsp3) is 0.269. The summed E-state index contributed by atoms with van der Waals surface area (Å²) in [6.45, 7) is 6.39. The first-order valence-corrected chi connectivity index (χ1v) is 11.1. The van der Waals surface area contributed by atoms with Crippen LogP contribution < -0.4 is 0 Å². The van der Waals surface area contributed by atoms with Gasteiger partial charge in [-0.2, -0.15) is 0 Å². The van der Waals surface area contributed by atoms with Crippen molar-refractivity contribution in [2.45, 2.75) is 13.2 Å². The molecule has 4 nitrogen and oxygen atoms in total. The van der Waals surface area contributed by atoms with E-state index < -0.39 is 0 Å². The number of halogens is 1. The van der Waals surface area contributed by atoms with Gasteiger partial charge in [0.2, 0.25) is 0 Å². The minimum absolute atomic E-state index is 0.429. The van der Waals surface area contributed by atoms with Crippen LogP contribution in [0.3, 0.4) is 0 Å². The van der Waals surface area contributed by atoms with Gasteiger partial charge in [-0.25, -0.2) is 0 Å². The van der Waals surface area contributed by atoms with Crippen molar-refractivity contribution in [3.8, 4) is 0 Å². The van der Waals surface area contributed by atoms with Crippen LogP contribution in [0, 0.1) is 0 Å². The smallest absolute Gasteiger partial charge is 0.142 e. The van der Waals surface area contributed by atoms with E-state index >= 15 is 0 Å². The summed E-state index contributed by atoms with van der Waals surface area (Å²) in [7, 11) is 0. The molecule has 31 heavy (non-hydrogen) atoms. The Labute approximate surface area is 189 Å². The van der Waals surface area contributed by atoms with Crippen LogP contribution in [0.5, 0.6) is 0 Å². The fourth-order valence-corrected chi connectivity index (χ4v) is 3.85. The molecule has 0 atom stereocenters. The zero-order chi connectivity index (χ0) is 21.3. The maximum atomic E-state index is 5.96. The maximum Gasteiger partial charge on any atom is 0.142 e. The van der Waals surface area contributed by atoms with E-state index in [4.69, 9.17) is 16.4 Å². The number of nitrogens with zero attached hydrogens (tertiary/aromatic N) is 3. The van der Waals surface area contributed by atoms with Gasteiger partial charge in [-0.3, -0.25) is 9.80 Å². The van der Waals surface area contributed by atoms with E-state index in [0.29, 0.717) is 6.61 Å². The lowest BCUT2D eigenvalue weighted by Crippen LogP contribution is -2.47. The van der Waals surface area contributed by atoms with Crippen molar-refractivity contribution in [2.24, 2.45) is 5.16 Å². The second-order valence-electron chi connectivity index (χ2n) is 7.84. The third kappa shape index (κ3) is 6.66. The second-order valence-corrected chi connectivity index (χ2v) is 8.28. The number of rotatable bonds is 8. The third-order valence-electron chi connectivity index (χ3n) is 5.51. The van der Waals surface area contributed by atoms with Crippen molar-refractivity contribution in [3.63, 3.8) is 0 Å². The molecule has 160 valence electrons. The SMILES string of the molecule is Clc1ccc(CO/N=C(/CN2CCN(Cc3ccccc3)CC2)c2ccccc2)cc1. The van der Waals surface area contributed by atoms with Gasteiger partial charge in [0, 0.05) is 49.9 Å². The van der Waals surface area contributed by atoms with Crippen molar-refractivity contribution in [2.75, 3.05) is 32.7 Å². The van der Waals surface area contributed by atoms with Crippen molar-refractivity contribution in [1.82, 2.24) is 9.80 Å². The summed E-state index contributed by atoms with van der Waals surface area (Å²) in [5.74, 6) is 0. The Bertz CT molecular complexity index is 953. The Balaban J connectivity index is 1.34. The summed E-state index contributed by atoms with van der Waals surface area (Å²) in [6.07, 6.45) is 0. The molecule has 0 aliphatic carbocycles. The summed E-state index contributed by atoms with van der Waals surface area (Å²) in [4.78, 5) is 10.7. The summed E-state index contributed by atoms with van der Waals surface area (Å²) >= 11 is 5.96. The zero-order valence-electron chi connectivity index (χ0n) is 17.7. The van der Waals surface area contributed by atoms with Gasteiger partial charge in [0.05, 0.1) is 0 Å². The largest absolute Gasteiger partial charge is 0.391 e. The highest BCUT2D eigenvalue weighted by Gasteiger charge is 2.19. The molecule has 3 aromatic carbocycles. The monoisotopic (exact) mass is 433 g/mol. The average Bonchev–Trinajstić information content (AvgIpc) is 2.82. The minimum atomic E-state index is 0.429. The second kappa shape index (κ2) is 11.1. The lowest BCUT2D eigenvalue weighted by atomic mass is 10.1. The first-order valence-electron chi connectivity index (χ1n) is 10.7. The lowest BCUT2D eigenvalue weighted by molar-refractivity contribution is 0.123. The molecule has 0 spiro atoms. The molecule has 0 bridgehead atoms. The Morgan fingerprint density at radius 2 is 1.35 bits per heavy atom. The van der Waals surface area contributed by atoms with E-state index in [0.717, 1.165) is 61.1 Å². The van der Waals surface area contributed by atoms with Gasteiger partial charge in [-0.15, -0.1) is 0 Å². The average molecular weight is 434 g/mol. The Kier molecular flexibility index (Phi) is 7.72. The van der Waals surface area contributed by atoms with Gasteiger partial charge in [0.1, 0.15) is 12.3 Å². The lowest BCUT2D eigenvalue weighted by Gasteiger charge is -2.34. The molecule has 0 unspecified atom stereocenters. The molecular formula is C26H28ClN3O. The molecular weight excluding hydrogens is 406 g/mol. The van der Waals surface area contributed by atoms with E-state index in [9.17, 15) is 0 Å². The predicted molar refractivity (Wildman–Crippen MR) is 127 cm³/mol. The quantitative estimate of drug-likeness (QED) is 0.366. The van der Waals surface area contributed by atoms with Crippen molar-refractivity contribution in [3.05, 3.63) is 107 Å². The van der Waals surface area contributed by atoms with Crippen LogP contribution in [0.2, 0.25) is 5.02 Å². The predicted octanol–water partition coefficient (Wildman–Crippen LogP) is 5.08. The van der Waals surface area contributed by atoms with Gasteiger partial charge >= 0.3 is 0 Å². The van der Waals surface area contributed by atoms with Crippen molar-refractivity contribution in [1.29, 1.82) is 0 Å². The maximum absolute atomic E-state index is 5.96. The number of piperazine rings is 1. The molecule has 1 aliphatic rings. The Morgan fingerprint density at radius 3 is 2.03 bits per heavy atom. The number of hydrogen-bond donors (Lipinski definition) is 0. The fourth-order valence-electron chi connectivity index (χ4n) is 3.73. The van der Waals surface area contributed by atoms with Crippen LogP contribution in [0.1, 0.15) is 16.7 Å². The summed E-state index contributed by atoms with van der Waals surface area (Å²) in [5.41, 5.74) is 4.49. The van der Waals surface area contributed by atoms with Gasteiger partial charge < -0.3 is 4.84 Å². The highest BCUT2D eigenvalue weighted by atomic mass is 35.5. The van der Waals surface area contributed by atoms with E-state index in [-0.39, 0.29) is 0 Å². The first-order chi connectivity index (χ1) is 15.3. The Morgan fingerprint density at radius 1 is 0.742 bits per heavy atom. The summed E-state index contributed by atoms with van der Waals surface area (Å²) < 4.78 is 0. The minimum Gasteiger partial charge on any atom is -0.391 e. The molecule has 0 amide bonds. The van der Waals surface area contributed by atoms with Gasteiger partial charge in [0.25, 0.3) is 0 Å².